The standard InChI is InChI=1S/C27H29N2S2.CH3.Pt/c1-26(2,3)24-15-13-22(30-24)20-11-7-9-18(28-20)17-19-10-8-12-21(29-19)23-14-16-25(31-23)27(4,5)6;;/h7-13,15-16H,17H2,1-6H3;1H3;/q2*-1;+2. The molecule has 0 fully saturated rings. The largest absolute Gasteiger partial charge is 2.00 e. The molecule has 0 bridgehead atoms. The fourth-order valence-corrected chi connectivity index (χ4v) is 5.29. The molecule has 4 heterocycles. The molecule has 0 aliphatic rings. The molecule has 4 aromatic heterocycles. The number of thiophene rings is 2. The number of aromatic nitrogens is 2. The Hall–Kier alpha value is -1.61. The van der Waals surface area contributed by atoms with E-state index in [9.17, 15) is 0 Å². The predicted octanol–water partition coefficient (Wildman–Crippen LogP) is 8.37. The molecule has 4 aromatic rings. The smallest absolute Gasteiger partial charge is 0.358 e. The molecule has 176 valence electrons. The Morgan fingerprint density at radius 3 is 1.85 bits per heavy atom. The van der Waals surface area contributed by atoms with E-state index < -0.39 is 0 Å². The normalized spacial score (nSPS) is 11.6. The molecule has 33 heavy (non-hydrogen) atoms. The first kappa shape index (κ1) is 27.6. The van der Waals surface area contributed by atoms with Crippen molar-refractivity contribution in [2.75, 3.05) is 0 Å². The fraction of sp³-hybridized carbons (Fsp3) is 0.321. The van der Waals surface area contributed by atoms with Gasteiger partial charge in [0.05, 0.1) is 10.6 Å². The third-order valence-electron chi connectivity index (χ3n) is 5.09. The van der Waals surface area contributed by atoms with E-state index in [0.29, 0.717) is 0 Å². The summed E-state index contributed by atoms with van der Waals surface area (Å²) in [5.74, 6) is 0. The predicted molar refractivity (Wildman–Crippen MR) is 141 cm³/mol. The Bertz CT molecular complexity index is 1100. The van der Waals surface area contributed by atoms with E-state index in [-0.39, 0.29) is 39.3 Å². The van der Waals surface area contributed by atoms with Gasteiger partial charge in [-0.1, -0.05) is 69.5 Å². The number of pyridine rings is 2. The Kier molecular flexibility index (Phi) is 9.01. The van der Waals surface area contributed by atoms with Gasteiger partial charge < -0.3 is 12.4 Å². The maximum atomic E-state index is 4.94. The Labute approximate surface area is 221 Å². The van der Waals surface area contributed by atoms with E-state index in [1.54, 1.807) is 11.3 Å². The first-order valence-corrected chi connectivity index (χ1v) is 12.3. The second-order valence-electron chi connectivity index (χ2n) is 9.95. The van der Waals surface area contributed by atoms with Crippen molar-refractivity contribution in [1.29, 1.82) is 0 Å². The maximum Gasteiger partial charge on any atom is 2.00 e. The molecule has 0 saturated heterocycles. The average molecular weight is 656 g/mol. The molecule has 2 nitrogen and oxygen atoms in total. The van der Waals surface area contributed by atoms with Crippen LogP contribution in [0.2, 0.25) is 0 Å². The minimum Gasteiger partial charge on any atom is -0.358 e. The first-order chi connectivity index (χ1) is 14.6. The van der Waals surface area contributed by atoms with Crippen LogP contribution in [0, 0.1) is 13.5 Å². The Morgan fingerprint density at radius 1 is 0.727 bits per heavy atom. The van der Waals surface area contributed by atoms with E-state index in [0.717, 1.165) is 34.1 Å². The maximum absolute atomic E-state index is 4.94. The quantitative estimate of drug-likeness (QED) is 0.207. The van der Waals surface area contributed by atoms with Crippen molar-refractivity contribution in [3.05, 3.63) is 89.2 Å². The van der Waals surface area contributed by atoms with E-state index in [2.05, 4.69) is 102 Å². The van der Waals surface area contributed by atoms with Crippen LogP contribution < -0.4 is 0 Å². The second-order valence-corrected chi connectivity index (χ2v) is 12.1. The van der Waals surface area contributed by atoms with Crippen LogP contribution >= 0.6 is 22.7 Å². The number of hydrogen-bond acceptors (Lipinski definition) is 4. The van der Waals surface area contributed by atoms with E-state index >= 15 is 0 Å². The summed E-state index contributed by atoms with van der Waals surface area (Å²) in [4.78, 5) is 14.9. The minimum atomic E-state index is 0. The molecule has 0 spiro atoms. The zero-order valence-electron chi connectivity index (χ0n) is 20.4. The minimum absolute atomic E-state index is 0. The van der Waals surface area contributed by atoms with Crippen molar-refractivity contribution in [2.45, 2.75) is 58.8 Å². The van der Waals surface area contributed by atoms with Gasteiger partial charge in [0.2, 0.25) is 0 Å². The van der Waals surface area contributed by atoms with Gasteiger partial charge in [0, 0.05) is 22.7 Å². The van der Waals surface area contributed by atoms with Crippen LogP contribution in [0.1, 0.15) is 62.7 Å². The molecule has 0 aliphatic carbocycles. The van der Waals surface area contributed by atoms with Gasteiger partial charge in [0.1, 0.15) is 0 Å². The topological polar surface area (TPSA) is 25.8 Å². The molecule has 0 atom stereocenters. The summed E-state index contributed by atoms with van der Waals surface area (Å²) in [5, 5.41) is 0. The molecule has 0 saturated carbocycles. The van der Waals surface area contributed by atoms with Crippen LogP contribution in [0.5, 0.6) is 0 Å². The molecule has 0 aromatic carbocycles. The molecule has 4 rings (SSSR count). The van der Waals surface area contributed by atoms with Gasteiger partial charge in [0.15, 0.2) is 0 Å². The molecular formula is C28H32N2PtS2. The molecule has 5 heteroatoms. The summed E-state index contributed by atoms with van der Waals surface area (Å²) >= 11 is 3.61. The van der Waals surface area contributed by atoms with Gasteiger partial charge in [-0.05, 0) is 46.9 Å². The van der Waals surface area contributed by atoms with Crippen molar-refractivity contribution in [3.63, 3.8) is 0 Å². The van der Waals surface area contributed by atoms with Crippen molar-refractivity contribution in [3.8, 4) is 21.1 Å². The zero-order valence-corrected chi connectivity index (χ0v) is 24.3. The zero-order chi connectivity index (χ0) is 22.2. The van der Waals surface area contributed by atoms with Gasteiger partial charge in [0.25, 0.3) is 0 Å². The Balaban J connectivity index is 0.00000193. The Morgan fingerprint density at radius 2 is 1.30 bits per heavy atom. The summed E-state index contributed by atoms with van der Waals surface area (Å²) in [7, 11) is 0. The molecule has 0 unspecified atom stereocenters. The van der Waals surface area contributed by atoms with Gasteiger partial charge >= 0.3 is 21.1 Å². The van der Waals surface area contributed by atoms with Crippen LogP contribution in [0.25, 0.3) is 21.1 Å². The molecule has 0 amide bonds. The van der Waals surface area contributed by atoms with Crippen molar-refractivity contribution >= 4 is 22.7 Å². The van der Waals surface area contributed by atoms with E-state index in [1.165, 1.54) is 14.6 Å². The van der Waals surface area contributed by atoms with Crippen LogP contribution in [0.3, 0.4) is 0 Å². The van der Waals surface area contributed by atoms with Gasteiger partial charge in [-0.25, -0.2) is 11.3 Å². The van der Waals surface area contributed by atoms with Gasteiger partial charge in [-0.3, -0.25) is 4.98 Å². The molecular weight excluding hydrogens is 624 g/mol. The average Bonchev–Trinajstić information content (AvgIpc) is 3.38. The molecule has 0 N–H and O–H groups in total. The fourth-order valence-electron chi connectivity index (χ4n) is 3.28. The van der Waals surface area contributed by atoms with Crippen molar-refractivity contribution in [2.24, 2.45) is 0 Å². The van der Waals surface area contributed by atoms with Crippen molar-refractivity contribution in [1.82, 2.24) is 9.97 Å². The molecule has 0 aliphatic heterocycles. The first-order valence-electron chi connectivity index (χ1n) is 10.6. The summed E-state index contributed by atoms with van der Waals surface area (Å²) in [6.45, 7) is 13.5. The number of rotatable bonds is 4. The summed E-state index contributed by atoms with van der Waals surface area (Å²) in [6, 6.07) is 22.4. The number of hydrogen-bond donors (Lipinski definition) is 0. The van der Waals surface area contributed by atoms with Gasteiger partial charge in [-0.2, -0.15) is 12.1 Å². The van der Waals surface area contributed by atoms with E-state index in [4.69, 9.17) is 9.97 Å². The summed E-state index contributed by atoms with van der Waals surface area (Å²) in [6.07, 6.45) is 0.719. The summed E-state index contributed by atoms with van der Waals surface area (Å²) in [5.41, 5.74) is 4.39. The summed E-state index contributed by atoms with van der Waals surface area (Å²) < 4.78 is 0. The third-order valence-corrected chi connectivity index (χ3v) is 8.11. The SMILES string of the molecule is CC(C)(C)c1c[c-]c(-c2cccc(Cc3cccc(-c4ccc(C(C)(C)C)s4)n3)n2)s1.[CH3-].[Pt+2]. The number of nitrogens with zero attached hydrogens (tertiary/aromatic N) is 2. The monoisotopic (exact) mass is 655 g/mol. The van der Waals surface area contributed by atoms with Crippen molar-refractivity contribution < 1.29 is 21.1 Å². The van der Waals surface area contributed by atoms with Crippen LogP contribution in [-0.4, -0.2) is 9.97 Å². The van der Waals surface area contributed by atoms with Gasteiger partial charge in [-0.15, -0.1) is 11.3 Å². The van der Waals surface area contributed by atoms with Crippen LogP contribution in [0.15, 0.2) is 54.6 Å². The van der Waals surface area contributed by atoms with Crippen LogP contribution in [-0.2, 0) is 38.3 Å². The van der Waals surface area contributed by atoms with E-state index in [1.807, 2.05) is 11.3 Å². The molecule has 0 radical (unpaired) electrons. The van der Waals surface area contributed by atoms with Crippen LogP contribution in [0.4, 0.5) is 0 Å². The second kappa shape index (κ2) is 10.8. The third kappa shape index (κ3) is 6.72.